The van der Waals surface area contributed by atoms with Crippen LogP contribution in [0.2, 0.25) is 0 Å². The van der Waals surface area contributed by atoms with Gasteiger partial charge in [-0.3, -0.25) is 0 Å². The minimum atomic E-state index is -1.08. The Morgan fingerprint density at radius 2 is 2.12 bits per heavy atom. The van der Waals surface area contributed by atoms with Crippen LogP contribution in [-0.4, -0.2) is 16.1 Å². The Morgan fingerprint density at radius 3 is 2.81 bits per heavy atom. The lowest BCUT2D eigenvalue weighted by Gasteiger charge is -1.89. The van der Waals surface area contributed by atoms with Crippen molar-refractivity contribution in [1.29, 1.82) is 5.26 Å². The molecule has 0 aliphatic rings. The fraction of sp³-hybridized carbons (Fsp3) is 0. The fourth-order valence-electron chi connectivity index (χ4n) is 1.52. The zero-order valence-corrected chi connectivity index (χ0v) is 8.11. The third-order valence-corrected chi connectivity index (χ3v) is 2.16. The summed E-state index contributed by atoms with van der Waals surface area (Å²) in [5.74, 6) is 3.67. The number of carbonyl (C=O) groups is 1. The number of aromatic nitrogens is 1. The smallest absolute Gasteiger partial charge is 0.353 e. The number of aromatic amines is 1. The Hall–Kier alpha value is -2.72. The summed E-state index contributed by atoms with van der Waals surface area (Å²) in [4.78, 5) is 13.7. The van der Waals surface area contributed by atoms with Gasteiger partial charge in [0.15, 0.2) is 6.07 Å². The van der Waals surface area contributed by atoms with Gasteiger partial charge in [-0.1, -0.05) is 18.2 Å². The van der Waals surface area contributed by atoms with E-state index >= 15 is 0 Å². The molecule has 0 saturated carbocycles. The molecule has 2 N–H and O–H groups in total. The van der Waals surface area contributed by atoms with Crippen molar-refractivity contribution in [2.45, 2.75) is 0 Å². The van der Waals surface area contributed by atoms with Gasteiger partial charge in [-0.05, 0) is 12.0 Å². The number of benzene rings is 1. The minimum absolute atomic E-state index is 0.0175. The summed E-state index contributed by atoms with van der Waals surface area (Å²) in [5, 5.41) is 18.1. The average molecular weight is 210 g/mol. The summed E-state index contributed by atoms with van der Waals surface area (Å²) >= 11 is 0. The minimum Gasteiger partial charge on any atom is -0.477 e. The number of nitriles is 1. The van der Waals surface area contributed by atoms with Gasteiger partial charge >= 0.3 is 5.97 Å². The monoisotopic (exact) mass is 210 g/mol. The zero-order valence-electron chi connectivity index (χ0n) is 8.11. The molecule has 0 aliphatic carbocycles. The van der Waals surface area contributed by atoms with Crippen molar-refractivity contribution >= 4 is 16.9 Å². The van der Waals surface area contributed by atoms with E-state index in [4.69, 9.17) is 10.4 Å². The van der Waals surface area contributed by atoms with E-state index in [9.17, 15) is 4.79 Å². The molecule has 0 aliphatic heterocycles. The molecule has 0 fully saturated rings. The SMILES string of the molecule is N#CC#Cc1c(C(=O)O)[nH]c2ccccc12. The van der Waals surface area contributed by atoms with Crippen LogP contribution in [0.1, 0.15) is 16.1 Å². The first kappa shape index (κ1) is 9.82. The third-order valence-electron chi connectivity index (χ3n) is 2.16. The Kier molecular flexibility index (Phi) is 2.33. The van der Waals surface area contributed by atoms with E-state index in [1.165, 1.54) is 0 Å². The molecule has 0 spiro atoms. The number of para-hydroxylation sites is 1. The van der Waals surface area contributed by atoms with Gasteiger partial charge < -0.3 is 10.1 Å². The van der Waals surface area contributed by atoms with Crippen LogP contribution in [0.5, 0.6) is 0 Å². The van der Waals surface area contributed by atoms with Gasteiger partial charge in [0.1, 0.15) is 5.69 Å². The molecule has 4 nitrogen and oxygen atoms in total. The number of nitrogens with one attached hydrogen (secondary N) is 1. The highest BCUT2D eigenvalue weighted by Gasteiger charge is 2.14. The average Bonchev–Trinajstić information content (AvgIpc) is 2.65. The molecule has 0 radical (unpaired) electrons. The first-order valence-electron chi connectivity index (χ1n) is 4.48. The number of H-pyrrole nitrogens is 1. The van der Waals surface area contributed by atoms with E-state index in [1.807, 2.05) is 0 Å². The Bertz CT molecular complexity index is 666. The molecule has 1 aromatic heterocycles. The Morgan fingerprint density at radius 1 is 1.38 bits per heavy atom. The van der Waals surface area contributed by atoms with E-state index in [1.54, 1.807) is 30.3 Å². The molecule has 0 saturated heterocycles. The highest BCUT2D eigenvalue weighted by molar-refractivity contribution is 5.99. The van der Waals surface area contributed by atoms with Crippen molar-refractivity contribution in [2.24, 2.45) is 0 Å². The van der Waals surface area contributed by atoms with Gasteiger partial charge in [0.2, 0.25) is 0 Å². The summed E-state index contributed by atoms with van der Waals surface area (Å²) in [6, 6.07) is 8.78. The number of hydrogen-bond acceptors (Lipinski definition) is 2. The molecular weight excluding hydrogens is 204 g/mol. The summed E-state index contributed by atoms with van der Waals surface area (Å²) < 4.78 is 0. The maximum absolute atomic E-state index is 11.0. The predicted octanol–water partition coefficient (Wildman–Crippen LogP) is 1.74. The van der Waals surface area contributed by atoms with E-state index in [-0.39, 0.29) is 5.69 Å². The topological polar surface area (TPSA) is 76.9 Å². The van der Waals surface area contributed by atoms with Crippen molar-refractivity contribution in [3.05, 3.63) is 35.5 Å². The lowest BCUT2D eigenvalue weighted by atomic mass is 10.1. The zero-order chi connectivity index (χ0) is 11.5. The number of rotatable bonds is 1. The fourth-order valence-corrected chi connectivity index (χ4v) is 1.52. The van der Waals surface area contributed by atoms with Gasteiger partial charge in [0.05, 0.1) is 5.56 Å². The number of nitrogens with zero attached hydrogens (tertiary/aromatic N) is 1. The molecule has 4 heteroatoms. The third kappa shape index (κ3) is 1.49. The molecule has 1 aromatic carbocycles. The van der Waals surface area contributed by atoms with Crippen LogP contribution < -0.4 is 0 Å². The molecule has 1 heterocycles. The quantitative estimate of drug-likeness (QED) is 0.704. The Labute approximate surface area is 91.1 Å². The number of hydrogen-bond donors (Lipinski definition) is 2. The van der Waals surface area contributed by atoms with Gasteiger partial charge in [-0.2, -0.15) is 5.26 Å². The number of carboxylic acid groups (broad SMARTS) is 1. The largest absolute Gasteiger partial charge is 0.477 e. The number of aromatic carboxylic acids is 1. The van der Waals surface area contributed by atoms with Crippen LogP contribution in [0, 0.1) is 23.2 Å². The number of fused-ring (bicyclic) bond motifs is 1. The first-order chi connectivity index (χ1) is 7.74. The van der Waals surface area contributed by atoms with Crippen LogP contribution in [0.4, 0.5) is 0 Å². The summed E-state index contributed by atoms with van der Waals surface area (Å²) in [6.45, 7) is 0. The standard InChI is InChI=1S/C12H6N2O2/c13-7-3-5-9-8-4-1-2-6-10(8)14-11(9)12(15)16/h1-2,4,6,14H,(H,15,16). The highest BCUT2D eigenvalue weighted by Crippen LogP contribution is 2.21. The van der Waals surface area contributed by atoms with Crippen molar-refractivity contribution < 1.29 is 9.90 Å². The van der Waals surface area contributed by atoms with Gasteiger partial charge in [-0.15, -0.1) is 0 Å². The van der Waals surface area contributed by atoms with Gasteiger partial charge in [-0.25, -0.2) is 4.79 Å². The van der Waals surface area contributed by atoms with E-state index < -0.39 is 5.97 Å². The molecule has 2 aromatic rings. The van der Waals surface area contributed by atoms with Gasteiger partial charge in [0.25, 0.3) is 0 Å². The maximum Gasteiger partial charge on any atom is 0.353 e. The van der Waals surface area contributed by atoms with E-state index in [2.05, 4.69) is 16.8 Å². The molecule has 0 atom stereocenters. The molecule has 16 heavy (non-hydrogen) atoms. The lowest BCUT2D eigenvalue weighted by molar-refractivity contribution is 0.0691. The molecular formula is C12H6N2O2. The van der Waals surface area contributed by atoms with Crippen LogP contribution in [0.3, 0.4) is 0 Å². The number of carboxylic acids is 1. The second-order valence-electron chi connectivity index (χ2n) is 3.09. The van der Waals surface area contributed by atoms with E-state index in [0.717, 1.165) is 0 Å². The molecule has 0 unspecified atom stereocenters. The Balaban J connectivity index is 2.80. The van der Waals surface area contributed by atoms with Crippen molar-refractivity contribution in [3.63, 3.8) is 0 Å². The van der Waals surface area contributed by atoms with Gasteiger partial charge in [0, 0.05) is 16.8 Å². The summed E-state index contributed by atoms with van der Waals surface area (Å²) in [5.41, 5.74) is 1.07. The lowest BCUT2D eigenvalue weighted by Crippen LogP contribution is -1.98. The first-order valence-corrected chi connectivity index (χ1v) is 4.48. The van der Waals surface area contributed by atoms with E-state index in [0.29, 0.717) is 16.5 Å². The molecule has 0 bridgehead atoms. The normalized spacial score (nSPS) is 9.19. The molecule has 0 amide bonds. The van der Waals surface area contributed by atoms with Crippen molar-refractivity contribution in [1.82, 2.24) is 4.98 Å². The predicted molar refractivity (Wildman–Crippen MR) is 57.7 cm³/mol. The summed E-state index contributed by atoms with van der Waals surface area (Å²) in [7, 11) is 0. The van der Waals surface area contributed by atoms with Crippen LogP contribution in [-0.2, 0) is 0 Å². The second-order valence-corrected chi connectivity index (χ2v) is 3.09. The second kappa shape index (κ2) is 3.80. The van der Waals surface area contributed by atoms with Crippen molar-refractivity contribution in [2.75, 3.05) is 0 Å². The van der Waals surface area contributed by atoms with Crippen molar-refractivity contribution in [3.8, 4) is 17.9 Å². The molecule has 76 valence electrons. The molecule has 2 rings (SSSR count). The highest BCUT2D eigenvalue weighted by atomic mass is 16.4. The van der Waals surface area contributed by atoms with Crippen LogP contribution >= 0.6 is 0 Å². The summed E-state index contributed by atoms with van der Waals surface area (Å²) in [6.07, 6.45) is 0. The maximum atomic E-state index is 11.0. The van der Waals surface area contributed by atoms with Crippen LogP contribution in [0.25, 0.3) is 10.9 Å². The van der Waals surface area contributed by atoms with Crippen LogP contribution in [0.15, 0.2) is 24.3 Å².